The van der Waals surface area contributed by atoms with Crippen molar-refractivity contribution in [3.8, 4) is 0 Å². The van der Waals surface area contributed by atoms with E-state index in [1.807, 2.05) is 0 Å². The van der Waals surface area contributed by atoms with Gasteiger partial charge in [-0.3, -0.25) is 4.79 Å². The smallest absolute Gasteiger partial charge is 0.339 e. The van der Waals surface area contributed by atoms with Gasteiger partial charge in [-0.25, -0.2) is 4.79 Å². The monoisotopic (exact) mass is 284 g/mol. The minimum absolute atomic E-state index is 0.204. The Morgan fingerprint density at radius 1 is 1.37 bits per heavy atom. The average Bonchev–Trinajstić information content (AvgIpc) is 2.38. The number of carbonyl (C=O) groups excluding carboxylic acids is 2. The van der Waals surface area contributed by atoms with Crippen molar-refractivity contribution in [2.45, 2.75) is 19.9 Å². The van der Waals surface area contributed by atoms with Gasteiger partial charge < -0.3 is 15.8 Å². The predicted molar refractivity (Wildman–Crippen MR) is 74.2 cm³/mol. The average molecular weight is 285 g/mol. The minimum atomic E-state index is -0.554. The van der Waals surface area contributed by atoms with Crippen molar-refractivity contribution < 1.29 is 14.3 Å². The van der Waals surface area contributed by atoms with Crippen molar-refractivity contribution in [3.05, 3.63) is 28.8 Å². The van der Waals surface area contributed by atoms with Gasteiger partial charge in [0.05, 0.1) is 23.6 Å². The summed E-state index contributed by atoms with van der Waals surface area (Å²) in [6, 6.07) is 4.35. The van der Waals surface area contributed by atoms with Crippen LogP contribution in [0.25, 0.3) is 0 Å². The number of methoxy groups -OCH3 is 1. The summed E-state index contributed by atoms with van der Waals surface area (Å²) in [6.45, 7) is 3.49. The van der Waals surface area contributed by atoms with Crippen molar-refractivity contribution in [1.29, 1.82) is 0 Å². The lowest BCUT2D eigenvalue weighted by Crippen LogP contribution is -2.34. The number of carbonyl (C=O) groups is 2. The van der Waals surface area contributed by atoms with Crippen LogP contribution in [0.15, 0.2) is 18.2 Å². The molecule has 0 spiro atoms. The van der Waals surface area contributed by atoms with Crippen LogP contribution in [0.5, 0.6) is 0 Å². The molecular formula is C13H17ClN2O3. The van der Waals surface area contributed by atoms with Crippen molar-refractivity contribution in [2.24, 2.45) is 11.7 Å². The van der Waals surface area contributed by atoms with Crippen LogP contribution in [0.2, 0.25) is 5.02 Å². The van der Waals surface area contributed by atoms with Crippen molar-refractivity contribution in [2.75, 3.05) is 12.4 Å². The molecule has 0 aliphatic heterocycles. The first-order valence-electron chi connectivity index (χ1n) is 5.81. The Balaban J connectivity index is 2.91. The van der Waals surface area contributed by atoms with Gasteiger partial charge in [0.25, 0.3) is 0 Å². The van der Waals surface area contributed by atoms with Gasteiger partial charge in [0.2, 0.25) is 5.91 Å². The largest absolute Gasteiger partial charge is 0.465 e. The summed E-state index contributed by atoms with van der Waals surface area (Å²) in [4.78, 5) is 23.3. The molecule has 1 amide bonds. The van der Waals surface area contributed by atoms with E-state index in [0.717, 1.165) is 0 Å². The van der Waals surface area contributed by atoms with E-state index in [9.17, 15) is 9.59 Å². The number of halogens is 1. The number of esters is 1. The third-order valence-electron chi connectivity index (χ3n) is 2.84. The molecule has 0 saturated heterocycles. The fourth-order valence-electron chi connectivity index (χ4n) is 1.36. The zero-order chi connectivity index (χ0) is 14.6. The zero-order valence-corrected chi connectivity index (χ0v) is 11.8. The number of hydrogen-bond donors (Lipinski definition) is 2. The van der Waals surface area contributed by atoms with Crippen molar-refractivity contribution in [3.63, 3.8) is 0 Å². The summed E-state index contributed by atoms with van der Waals surface area (Å²) in [7, 11) is 1.27. The SMILES string of the molecule is COC(=O)c1cc(NC(=O)C(C)C(C)N)ccc1Cl. The van der Waals surface area contributed by atoms with E-state index in [0.29, 0.717) is 5.69 Å². The van der Waals surface area contributed by atoms with E-state index in [1.54, 1.807) is 19.9 Å². The quantitative estimate of drug-likeness (QED) is 0.829. The summed E-state index contributed by atoms with van der Waals surface area (Å²) in [5.74, 6) is -1.10. The number of anilines is 1. The molecule has 0 bridgehead atoms. The molecule has 0 aliphatic rings. The molecule has 0 fully saturated rings. The molecule has 0 aliphatic carbocycles. The van der Waals surface area contributed by atoms with Crippen LogP contribution in [0.4, 0.5) is 5.69 Å². The summed E-state index contributed by atoms with van der Waals surface area (Å²) in [5, 5.41) is 2.95. The summed E-state index contributed by atoms with van der Waals surface area (Å²) in [6.07, 6.45) is 0. The minimum Gasteiger partial charge on any atom is -0.465 e. The number of nitrogens with two attached hydrogens (primary N) is 1. The third-order valence-corrected chi connectivity index (χ3v) is 3.17. The highest BCUT2D eigenvalue weighted by molar-refractivity contribution is 6.33. The maximum absolute atomic E-state index is 11.8. The molecule has 3 N–H and O–H groups in total. The number of benzene rings is 1. The van der Waals surface area contributed by atoms with Gasteiger partial charge in [0.1, 0.15) is 0 Å². The lowest BCUT2D eigenvalue weighted by Gasteiger charge is -2.15. The molecule has 2 unspecified atom stereocenters. The van der Waals surface area contributed by atoms with Gasteiger partial charge in [0, 0.05) is 11.7 Å². The maximum Gasteiger partial charge on any atom is 0.339 e. The molecule has 0 heterocycles. The van der Waals surface area contributed by atoms with Crippen LogP contribution < -0.4 is 11.1 Å². The first-order chi connectivity index (χ1) is 8.86. The molecule has 1 aromatic carbocycles. The molecule has 2 atom stereocenters. The van der Waals surface area contributed by atoms with Gasteiger partial charge in [-0.2, -0.15) is 0 Å². The molecular weight excluding hydrogens is 268 g/mol. The van der Waals surface area contributed by atoms with Gasteiger partial charge in [-0.15, -0.1) is 0 Å². The van der Waals surface area contributed by atoms with Crippen LogP contribution in [-0.4, -0.2) is 25.0 Å². The van der Waals surface area contributed by atoms with E-state index >= 15 is 0 Å². The molecule has 5 nitrogen and oxygen atoms in total. The number of rotatable bonds is 4. The molecule has 0 saturated carbocycles. The molecule has 0 aromatic heterocycles. The second kappa shape index (κ2) is 6.54. The first-order valence-corrected chi connectivity index (χ1v) is 6.19. The fraction of sp³-hybridized carbons (Fsp3) is 0.385. The Hall–Kier alpha value is -1.59. The number of nitrogens with one attached hydrogen (secondary N) is 1. The van der Waals surface area contributed by atoms with Crippen molar-refractivity contribution in [1.82, 2.24) is 0 Å². The van der Waals surface area contributed by atoms with E-state index in [1.165, 1.54) is 19.2 Å². The fourth-order valence-corrected chi connectivity index (χ4v) is 1.56. The second-order valence-electron chi connectivity index (χ2n) is 4.32. The molecule has 1 aromatic rings. The summed E-state index contributed by atoms with van der Waals surface area (Å²) in [5.41, 5.74) is 6.34. The van der Waals surface area contributed by atoms with Crippen LogP contribution in [0.3, 0.4) is 0 Å². The molecule has 1 rings (SSSR count). The molecule has 104 valence electrons. The first kappa shape index (κ1) is 15.5. The van der Waals surface area contributed by atoms with Crippen LogP contribution in [0.1, 0.15) is 24.2 Å². The molecule has 0 radical (unpaired) electrons. The topological polar surface area (TPSA) is 81.4 Å². The van der Waals surface area contributed by atoms with Gasteiger partial charge in [0.15, 0.2) is 0 Å². The van der Waals surface area contributed by atoms with Crippen LogP contribution >= 0.6 is 11.6 Å². The molecule has 6 heteroatoms. The van der Waals surface area contributed by atoms with E-state index < -0.39 is 5.97 Å². The summed E-state index contributed by atoms with van der Waals surface area (Å²) < 4.78 is 4.61. The zero-order valence-electron chi connectivity index (χ0n) is 11.1. The Bertz CT molecular complexity index is 489. The summed E-state index contributed by atoms with van der Waals surface area (Å²) >= 11 is 5.89. The van der Waals surface area contributed by atoms with Gasteiger partial charge in [-0.05, 0) is 25.1 Å². The highest BCUT2D eigenvalue weighted by Crippen LogP contribution is 2.22. The number of ether oxygens (including phenoxy) is 1. The lowest BCUT2D eigenvalue weighted by atomic mass is 10.0. The lowest BCUT2D eigenvalue weighted by molar-refractivity contribution is -0.119. The second-order valence-corrected chi connectivity index (χ2v) is 4.73. The van der Waals surface area contributed by atoms with E-state index in [2.05, 4.69) is 10.1 Å². The predicted octanol–water partition coefficient (Wildman–Crippen LogP) is 2.05. The van der Waals surface area contributed by atoms with Crippen LogP contribution in [0, 0.1) is 5.92 Å². The standard InChI is InChI=1S/C13H17ClN2O3/c1-7(8(2)15)12(17)16-9-4-5-11(14)10(6-9)13(18)19-3/h4-8H,15H2,1-3H3,(H,16,17). The highest BCUT2D eigenvalue weighted by Gasteiger charge is 2.18. The Kier molecular flexibility index (Phi) is 5.32. The van der Waals surface area contributed by atoms with Crippen LogP contribution in [-0.2, 0) is 9.53 Å². The van der Waals surface area contributed by atoms with E-state index in [-0.39, 0.29) is 28.5 Å². The Morgan fingerprint density at radius 3 is 2.53 bits per heavy atom. The third kappa shape index (κ3) is 3.94. The van der Waals surface area contributed by atoms with Gasteiger partial charge >= 0.3 is 5.97 Å². The van der Waals surface area contributed by atoms with E-state index in [4.69, 9.17) is 17.3 Å². The Morgan fingerprint density at radius 2 is 2.00 bits per heavy atom. The molecule has 19 heavy (non-hydrogen) atoms. The number of amides is 1. The maximum atomic E-state index is 11.8. The van der Waals surface area contributed by atoms with Crippen molar-refractivity contribution >= 4 is 29.2 Å². The number of hydrogen-bond acceptors (Lipinski definition) is 4. The normalized spacial score (nSPS) is 13.5. The Labute approximate surface area is 117 Å². The highest BCUT2D eigenvalue weighted by atomic mass is 35.5. The van der Waals surface area contributed by atoms with Gasteiger partial charge in [-0.1, -0.05) is 18.5 Å².